The predicted molar refractivity (Wildman–Crippen MR) is 98.5 cm³/mol. The molecular formula is C18H13N3O5S. The molecule has 1 amide bonds. The molecule has 1 aromatic heterocycles. The van der Waals surface area contributed by atoms with E-state index in [-0.39, 0.29) is 11.8 Å². The van der Waals surface area contributed by atoms with Gasteiger partial charge in [0.2, 0.25) is 0 Å². The van der Waals surface area contributed by atoms with Gasteiger partial charge in [0.25, 0.3) is 11.6 Å². The van der Waals surface area contributed by atoms with Crippen LogP contribution in [0.1, 0.15) is 22.2 Å². The molecular weight excluding hydrogens is 370 g/mol. The molecule has 0 aliphatic carbocycles. The summed E-state index contributed by atoms with van der Waals surface area (Å²) in [5.74, 6) is 0.950. The Balaban J connectivity index is 1.44. The standard InChI is InChI=1S/C18H13N3O5S/c22-17(11-5-7-12(8-6-11)21(23)24)20-18-19-13(10-27-18)16-9-25-14-3-1-2-4-15(14)26-16/h1-8,10,16H,9H2,(H,19,20,22). The number of nitro benzene ring substituents is 1. The first kappa shape index (κ1) is 17.0. The van der Waals surface area contributed by atoms with Crippen LogP contribution in [0.2, 0.25) is 0 Å². The number of non-ortho nitro benzene ring substituents is 1. The number of nitrogens with zero attached hydrogens (tertiary/aromatic N) is 2. The minimum absolute atomic E-state index is 0.0715. The summed E-state index contributed by atoms with van der Waals surface area (Å²) < 4.78 is 11.6. The van der Waals surface area contributed by atoms with Gasteiger partial charge in [-0.25, -0.2) is 4.98 Å². The van der Waals surface area contributed by atoms with Gasteiger partial charge in [0.05, 0.1) is 10.6 Å². The van der Waals surface area contributed by atoms with Crippen LogP contribution in [0.25, 0.3) is 0 Å². The van der Waals surface area contributed by atoms with E-state index in [0.29, 0.717) is 34.5 Å². The van der Waals surface area contributed by atoms with Crippen LogP contribution >= 0.6 is 11.3 Å². The summed E-state index contributed by atoms with van der Waals surface area (Å²) in [6.45, 7) is 0.330. The number of ether oxygens (including phenoxy) is 2. The molecule has 0 fully saturated rings. The molecule has 0 saturated heterocycles. The third-order valence-corrected chi connectivity index (χ3v) is 4.70. The van der Waals surface area contributed by atoms with Crippen molar-refractivity contribution in [3.8, 4) is 11.5 Å². The second kappa shape index (κ2) is 7.04. The average Bonchev–Trinajstić information content (AvgIpc) is 3.16. The number of para-hydroxylation sites is 2. The Kier molecular flexibility index (Phi) is 4.43. The van der Waals surface area contributed by atoms with E-state index in [4.69, 9.17) is 9.47 Å². The predicted octanol–water partition coefficient (Wildman–Crippen LogP) is 3.82. The summed E-state index contributed by atoms with van der Waals surface area (Å²) in [6.07, 6.45) is -0.360. The first-order valence-corrected chi connectivity index (χ1v) is 8.88. The normalized spacial score (nSPS) is 15.2. The highest BCUT2D eigenvalue weighted by molar-refractivity contribution is 7.14. The molecule has 8 nitrogen and oxygen atoms in total. The van der Waals surface area contributed by atoms with Gasteiger partial charge in [0.1, 0.15) is 6.61 Å². The molecule has 0 bridgehead atoms. The number of rotatable bonds is 4. The molecule has 136 valence electrons. The molecule has 2 aromatic carbocycles. The van der Waals surface area contributed by atoms with Crippen LogP contribution in [0.3, 0.4) is 0 Å². The quantitative estimate of drug-likeness (QED) is 0.543. The number of fused-ring (bicyclic) bond motifs is 1. The number of carbonyl (C=O) groups is 1. The van der Waals surface area contributed by atoms with Crippen LogP contribution in [0, 0.1) is 10.1 Å². The van der Waals surface area contributed by atoms with Crippen molar-refractivity contribution in [3.63, 3.8) is 0 Å². The molecule has 27 heavy (non-hydrogen) atoms. The third-order valence-electron chi connectivity index (χ3n) is 3.92. The fourth-order valence-electron chi connectivity index (χ4n) is 2.56. The summed E-state index contributed by atoms with van der Waals surface area (Å²) in [4.78, 5) is 26.8. The van der Waals surface area contributed by atoms with Crippen molar-refractivity contribution in [1.29, 1.82) is 0 Å². The van der Waals surface area contributed by atoms with Crippen molar-refractivity contribution in [3.05, 3.63) is 75.3 Å². The topological polar surface area (TPSA) is 104 Å². The van der Waals surface area contributed by atoms with Crippen LogP contribution in [0.5, 0.6) is 11.5 Å². The molecule has 3 aromatic rings. The molecule has 1 N–H and O–H groups in total. The van der Waals surface area contributed by atoms with E-state index in [1.165, 1.54) is 35.6 Å². The lowest BCUT2D eigenvalue weighted by atomic mass is 10.2. The lowest BCUT2D eigenvalue weighted by Gasteiger charge is -2.25. The Hall–Kier alpha value is -3.46. The van der Waals surface area contributed by atoms with Gasteiger partial charge < -0.3 is 9.47 Å². The van der Waals surface area contributed by atoms with E-state index in [1.807, 2.05) is 24.3 Å². The number of nitrogens with one attached hydrogen (secondary N) is 1. The first-order valence-electron chi connectivity index (χ1n) is 8.00. The zero-order valence-corrected chi connectivity index (χ0v) is 14.6. The van der Waals surface area contributed by atoms with Gasteiger partial charge >= 0.3 is 0 Å². The van der Waals surface area contributed by atoms with Gasteiger partial charge in [0, 0.05) is 23.1 Å². The molecule has 1 unspecified atom stereocenters. The van der Waals surface area contributed by atoms with Crippen molar-refractivity contribution in [2.75, 3.05) is 11.9 Å². The van der Waals surface area contributed by atoms with Crippen molar-refractivity contribution in [2.24, 2.45) is 0 Å². The summed E-state index contributed by atoms with van der Waals surface area (Å²) >= 11 is 1.27. The highest BCUT2D eigenvalue weighted by Gasteiger charge is 2.24. The molecule has 0 saturated carbocycles. The van der Waals surface area contributed by atoms with Gasteiger partial charge in [-0.15, -0.1) is 11.3 Å². The van der Waals surface area contributed by atoms with Gasteiger partial charge in [-0.2, -0.15) is 0 Å². The second-order valence-corrected chi connectivity index (χ2v) is 6.56. The molecule has 0 radical (unpaired) electrons. The maximum absolute atomic E-state index is 12.3. The monoisotopic (exact) mass is 383 g/mol. The lowest BCUT2D eigenvalue weighted by Crippen LogP contribution is -2.22. The summed E-state index contributed by atoms with van der Waals surface area (Å²) in [5, 5.41) is 15.6. The third kappa shape index (κ3) is 3.58. The Morgan fingerprint density at radius 1 is 1.19 bits per heavy atom. The number of aromatic nitrogens is 1. The Morgan fingerprint density at radius 2 is 1.93 bits per heavy atom. The molecule has 1 aliphatic rings. The SMILES string of the molecule is O=C(Nc1nc(C2COc3ccccc3O2)cs1)c1ccc([N+](=O)[O-])cc1. The van der Waals surface area contributed by atoms with Crippen molar-refractivity contribution >= 4 is 28.1 Å². The smallest absolute Gasteiger partial charge is 0.269 e. The van der Waals surface area contributed by atoms with Gasteiger partial charge in [-0.05, 0) is 24.3 Å². The molecule has 2 heterocycles. The van der Waals surface area contributed by atoms with Gasteiger partial charge in [-0.1, -0.05) is 12.1 Å². The van der Waals surface area contributed by atoms with Crippen molar-refractivity contribution < 1.29 is 19.2 Å². The fraction of sp³-hybridized carbons (Fsp3) is 0.111. The van der Waals surface area contributed by atoms with Crippen LogP contribution in [0.4, 0.5) is 10.8 Å². The maximum atomic E-state index is 12.3. The second-order valence-electron chi connectivity index (χ2n) is 5.70. The minimum Gasteiger partial charge on any atom is -0.485 e. The Morgan fingerprint density at radius 3 is 2.67 bits per heavy atom. The summed E-state index contributed by atoms with van der Waals surface area (Å²) in [7, 11) is 0. The Labute approximate surface area is 157 Å². The van der Waals surface area contributed by atoms with E-state index < -0.39 is 10.8 Å². The lowest BCUT2D eigenvalue weighted by molar-refractivity contribution is -0.384. The van der Waals surface area contributed by atoms with E-state index in [1.54, 1.807) is 5.38 Å². The highest BCUT2D eigenvalue weighted by atomic mass is 32.1. The number of hydrogen-bond donors (Lipinski definition) is 1. The van der Waals surface area contributed by atoms with Gasteiger partial charge in [-0.3, -0.25) is 20.2 Å². The average molecular weight is 383 g/mol. The van der Waals surface area contributed by atoms with E-state index in [9.17, 15) is 14.9 Å². The Bertz CT molecular complexity index is 1000. The number of amides is 1. The molecule has 1 atom stereocenters. The van der Waals surface area contributed by atoms with E-state index in [2.05, 4.69) is 10.3 Å². The number of anilines is 1. The zero-order valence-electron chi connectivity index (χ0n) is 13.8. The first-order chi connectivity index (χ1) is 13.1. The fourth-order valence-corrected chi connectivity index (χ4v) is 3.31. The number of thiazole rings is 1. The van der Waals surface area contributed by atoms with Crippen LogP contribution in [-0.2, 0) is 0 Å². The summed E-state index contributed by atoms with van der Waals surface area (Å²) in [5.41, 5.74) is 0.898. The minimum atomic E-state index is -0.515. The van der Waals surface area contributed by atoms with Crippen LogP contribution in [0.15, 0.2) is 53.9 Å². The number of carbonyl (C=O) groups excluding carboxylic acids is 1. The highest BCUT2D eigenvalue weighted by Crippen LogP contribution is 2.36. The molecule has 4 rings (SSSR count). The maximum Gasteiger partial charge on any atom is 0.269 e. The van der Waals surface area contributed by atoms with E-state index in [0.717, 1.165) is 0 Å². The van der Waals surface area contributed by atoms with E-state index >= 15 is 0 Å². The molecule has 1 aliphatic heterocycles. The molecule has 9 heteroatoms. The molecule has 0 spiro atoms. The zero-order chi connectivity index (χ0) is 18.8. The number of nitro groups is 1. The van der Waals surface area contributed by atoms with Crippen LogP contribution < -0.4 is 14.8 Å². The number of hydrogen-bond acceptors (Lipinski definition) is 7. The van der Waals surface area contributed by atoms with Crippen molar-refractivity contribution in [2.45, 2.75) is 6.10 Å². The van der Waals surface area contributed by atoms with Crippen LogP contribution in [-0.4, -0.2) is 22.4 Å². The largest absolute Gasteiger partial charge is 0.485 e. The summed E-state index contributed by atoms with van der Waals surface area (Å²) in [6, 6.07) is 12.8. The number of benzene rings is 2. The van der Waals surface area contributed by atoms with Crippen molar-refractivity contribution in [1.82, 2.24) is 4.98 Å². The van der Waals surface area contributed by atoms with Gasteiger partial charge in [0.15, 0.2) is 22.7 Å².